The molecule has 0 radical (unpaired) electrons. The zero-order valence-electron chi connectivity index (χ0n) is 10.5. The fourth-order valence-corrected chi connectivity index (χ4v) is 3.58. The van der Waals surface area contributed by atoms with Gasteiger partial charge in [-0.25, -0.2) is 4.98 Å². The van der Waals surface area contributed by atoms with E-state index in [1.54, 1.807) is 11.8 Å². The van der Waals surface area contributed by atoms with Gasteiger partial charge >= 0.3 is 0 Å². The first-order valence-corrected chi connectivity index (χ1v) is 7.35. The van der Waals surface area contributed by atoms with Crippen molar-refractivity contribution in [3.05, 3.63) is 35.9 Å². The Hall–Kier alpha value is -1.66. The number of aryl methyl sites for hydroxylation is 2. The van der Waals surface area contributed by atoms with Gasteiger partial charge in [0.15, 0.2) is 4.34 Å². The molecule has 0 bridgehead atoms. The van der Waals surface area contributed by atoms with E-state index in [4.69, 9.17) is 5.73 Å². The fourth-order valence-electron chi connectivity index (χ4n) is 1.84. The van der Waals surface area contributed by atoms with Crippen LogP contribution in [-0.2, 0) is 0 Å². The van der Waals surface area contributed by atoms with Gasteiger partial charge in [-0.1, -0.05) is 11.8 Å². The van der Waals surface area contributed by atoms with Gasteiger partial charge in [-0.2, -0.15) is 4.37 Å². The van der Waals surface area contributed by atoms with Crippen LogP contribution < -0.4 is 5.73 Å². The molecule has 2 aromatic heterocycles. The van der Waals surface area contributed by atoms with Gasteiger partial charge in [0.2, 0.25) is 0 Å². The minimum absolute atomic E-state index is 0.750. The van der Waals surface area contributed by atoms with Crippen molar-refractivity contribution in [2.75, 3.05) is 5.73 Å². The van der Waals surface area contributed by atoms with E-state index in [0.29, 0.717) is 0 Å². The van der Waals surface area contributed by atoms with Crippen LogP contribution in [0.5, 0.6) is 0 Å². The zero-order valence-corrected chi connectivity index (χ0v) is 12.2. The predicted octanol–water partition coefficient (Wildman–Crippen LogP) is 3.44. The van der Waals surface area contributed by atoms with Crippen molar-refractivity contribution in [3.63, 3.8) is 0 Å². The molecule has 0 fully saturated rings. The van der Waals surface area contributed by atoms with Crippen LogP contribution in [0.25, 0.3) is 10.8 Å². The largest absolute Gasteiger partial charge is 0.398 e. The molecule has 0 aliphatic rings. The summed E-state index contributed by atoms with van der Waals surface area (Å²) in [5, 5.41) is 2.10. The number of benzene rings is 1. The summed E-state index contributed by atoms with van der Waals surface area (Å²) in [5.74, 6) is 0.810. The summed E-state index contributed by atoms with van der Waals surface area (Å²) in [6, 6.07) is 6.00. The van der Waals surface area contributed by atoms with E-state index in [9.17, 15) is 0 Å². The second-order valence-corrected chi connectivity index (χ2v) is 6.27. The summed E-state index contributed by atoms with van der Waals surface area (Å²) in [6.45, 7) is 3.88. The van der Waals surface area contributed by atoms with Gasteiger partial charge in [-0.3, -0.25) is 4.98 Å². The molecule has 4 nitrogen and oxygen atoms in total. The monoisotopic (exact) mass is 288 g/mol. The molecule has 0 atom stereocenters. The van der Waals surface area contributed by atoms with Gasteiger partial charge in [0.05, 0.1) is 0 Å². The molecule has 1 aromatic carbocycles. The smallest absolute Gasteiger partial charge is 0.174 e. The first-order valence-electron chi connectivity index (χ1n) is 5.76. The molecule has 0 unspecified atom stereocenters. The van der Waals surface area contributed by atoms with Crippen molar-refractivity contribution in [2.45, 2.75) is 23.1 Å². The summed E-state index contributed by atoms with van der Waals surface area (Å²) in [6.07, 6.45) is 1.83. The van der Waals surface area contributed by atoms with Gasteiger partial charge in [0, 0.05) is 33.2 Å². The van der Waals surface area contributed by atoms with E-state index in [1.165, 1.54) is 11.5 Å². The van der Waals surface area contributed by atoms with E-state index >= 15 is 0 Å². The number of rotatable bonds is 2. The van der Waals surface area contributed by atoms with E-state index in [-0.39, 0.29) is 0 Å². The van der Waals surface area contributed by atoms with Gasteiger partial charge in [-0.15, -0.1) is 0 Å². The number of nitrogens with two attached hydrogens (primary N) is 1. The normalized spacial score (nSPS) is 11.1. The van der Waals surface area contributed by atoms with Crippen LogP contribution in [0.4, 0.5) is 5.69 Å². The van der Waals surface area contributed by atoms with Gasteiger partial charge in [-0.05, 0) is 43.6 Å². The van der Waals surface area contributed by atoms with E-state index in [2.05, 4.69) is 20.4 Å². The minimum Gasteiger partial charge on any atom is -0.398 e. The lowest BCUT2D eigenvalue weighted by Crippen LogP contribution is -1.90. The number of hydrogen-bond donors (Lipinski definition) is 1. The van der Waals surface area contributed by atoms with E-state index in [0.717, 1.165) is 37.2 Å². The highest BCUT2D eigenvalue weighted by Gasteiger charge is 2.09. The Morgan fingerprint density at radius 2 is 2.05 bits per heavy atom. The maximum absolute atomic E-state index is 6.00. The highest BCUT2D eigenvalue weighted by molar-refractivity contribution is 8.01. The maximum atomic E-state index is 6.00. The highest BCUT2D eigenvalue weighted by atomic mass is 32.2. The van der Waals surface area contributed by atoms with Crippen molar-refractivity contribution in [2.24, 2.45) is 0 Å². The van der Waals surface area contributed by atoms with Crippen LogP contribution in [0.15, 0.2) is 33.6 Å². The van der Waals surface area contributed by atoms with Crippen LogP contribution in [-0.4, -0.2) is 14.3 Å². The van der Waals surface area contributed by atoms with Crippen molar-refractivity contribution in [3.8, 4) is 0 Å². The van der Waals surface area contributed by atoms with Crippen LogP contribution in [0.3, 0.4) is 0 Å². The molecule has 0 aliphatic carbocycles. The minimum atomic E-state index is 0.750. The fraction of sp³-hybridized carbons (Fsp3) is 0.154. The number of nitrogen functional groups attached to an aromatic ring is 1. The Morgan fingerprint density at radius 1 is 1.21 bits per heavy atom. The summed E-state index contributed by atoms with van der Waals surface area (Å²) in [7, 11) is 0. The SMILES string of the molecule is Cc1cc2c(Sc3nc(C)ns3)ccc(N)c2cn1. The standard InChI is InChI=1S/C13H12N4S2/c1-7-5-9-10(6-15-7)11(14)3-4-12(9)18-13-16-8(2)17-19-13/h3-6H,14H2,1-2H3. The molecular weight excluding hydrogens is 276 g/mol. The van der Waals surface area contributed by atoms with Crippen LogP contribution in [0, 0.1) is 13.8 Å². The third-order valence-electron chi connectivity index (χ3n) is 2.74. The van der Waals surface area contributed by atoms with Crippen molar-refractivity contribution in [1.29, 1.82) is 0 Å². The maximum Gasteiger partial charge on any atom is 0.174 e. The third kappa shape index (κ3) is 2.41. The Labute approximate surface area is 119 Å². The summed E-state index contributed by atoms with van der Waals surface area (Å²) < 4.78 is 5.14. The van der Waals surface area contributed by atoms with Crippen LogP contribution in [0.1, 0.15) is 11.5 Å². The quantitative estimate of drug-likeness (QED) is 0.732. The molecular formula is C13H12N4S2. The summed E-state index contributed by atoms with van der Waals surface area (Å²) >= 11 is 3.03. The number of anilines is 1. The molecule has 0 spiro atoms. The van der Waals surface area contributed by atoms with E-state index < -0.39 is 0 Å². The Kier molecular flexibility index (Phi) is 3.12. The molecule has 3 aromatic rings. The molecule has 0 amide bonds. The lowest BCUT2D eigenvalue weighted by atomic mass is 10.1. The van der Waals surface area contributed by atoms with Gasteiger partial charge in [0.1, 0.15) is 5.82 Å². The zero-order chi connectivity index (χ0) is 13.4. The van der Waals surface area contributed by atoms with Crippen LogP contribution >= 0.6 is 23.3 Å². The lowest BCUT2D eigenvalue weighted by molar-refractivity contribution is 1.10. The number of pyridine rings is 1. The lowest BCUT2D eigenvalue weighted by Gasteiger charge is -2.07. The molecule has 6 heteroatoms. The van der Waals surface area contributed by atoms with Crippen LogP contribution in [0.2, 0.25) is 0 Å². The molecule has 96 valence electrons. The summed E-state index contributed by atoms with van der Waals surface area (Å²) in [4.78, 5) is 9.82. The Morgan fingerprint density at radius 3 is 2.79 bits per heavy atom. The van der Waals surface area contributed by atoms with Gasteiger partial charge < -0.3 is 5.73 Å². The highest BCUT2D eigenvalue weighted by Crippen LogP contribution is 2.36. The predicted molar refractivity (Wildman–Crippen MR) is 79.7 cm³/mol. The molecule has 2 N–H and O–H groups in total. The van der Waals surface area contributed by atoms with Crippen molar-refractivity contribution >= 4 is 39.8 Å². The average molecular weight is 288 g/mol. The molecule has 3 rings (SSSR count). The van der Waals surface area contributed by atoms with Crippen molar-refractivity contribution < 1.29 is 0 Å². The number of aromatic nitrogens is 3. The first-order chi connectivity index (χ1) is 9.13. The molecule has 0 saturated carbocycles. The topological polar surface area (TPSA) is 64.7 Å². The molecule has 2 heterocycles. The molecule has 0 aliphatic heterocycles. The van der Waals surface area contributed by atoms with Crippen molar-refractivity contribution in [1.82, 2.24) is 14.3 Å². The van der Waals surface area contributed by atoms with Gasteiger partial charge in [0.25, 0.3) is 0 Å². The molecule has 0 saturated heterocycles. The summed E-state index contributed by atoms with van der Waals surface area (Å²) in [5.41, 5.74) is 7.73. The number of hydrogen-bond acceptors (Lipinski definition) is 6. The third-order valence-corrected chi connectivity index (χ3v) is 4.66. The first kappa shape index (κ1) is 12.4. The molecule has 19 heavy (non-hydrogen) atoms. The number of fused-ring (bicyclic) bond motifs is 1. The Balaban J connectivity index is 2.13. The number of nitrogens with zero attached hydrogens (tertiary/aromatic N) is 3. The second-order valence-electron chi connectivity index (χ2n) is 4.23. The second kappa shape index (κ2) is 4.79. The Bertz CT molecular complexity index is 751. The average Bonchev–Trinajstić information content (AvgIpc) is 2.78. The van der Waals surface area contributed by atoms with E-state index in [1.807, 2.05) is 32.2 Å².